The number of carbonyl (C=O) groups excluding carboxylic acids is 2. The number of ether oxygens (including phenoxy) is 2. The Morgan fingerprint density at radius 1 is 1.11 bits per heavy atom. The van der Waals surface area contributed by atoms with Crippen molar-refractivity contribution in [2.75, 3.05) is 58.5 Å². The number of aromatic nitrogens is 2. The smallest absolute Gasteiger partial charge is 0.326 e. The maximum absolute atomic E-state index is 11.8. The molecule has 2 heterocycles. The molecule has 1 aromatic heterocycles. The van der Waals surface area contributed by atoms with E-state index in [0.29, 0.717) is 30.7 Å². The van der Waals surface area contributed by atoms with Crippen LogP contribution in [0.3, 0.4) is 0 Å². The maximum atomic E-state index is 11.8. The molecule has 154 valence electrons. The summed E-state index contributed by atoms with van der Waals surface area (Å²) in [5.41, 5.74) is 0.586. The molecule has 0 aromatic carbocycles. The van der Waals surface area contributed by atoms with E-state index in [0.717, 1.165) is 26.2 Å². The fraction of sp³-hybridized carbons (Fsp3) is 0.556. The van der Waals surface area contributed by atoms with Gasteiger partial charge in [0, 0.05) is 33.3 Å². The maximum Gasteiger partial charge on any atom is 0.326 e. The van der Waals surface area contributed by atoms with Gasteiger partial charge < -0.3 is 24.6 Å². The molecule has 1 aliphatic heterocycles. The summed E-state index contributed by atoms with van der Waals surface area (Å²) >= 11 is 0. The van der Waals surface area contributed by atoms with Crippen molar-refractivity contribution in [1.29, 1.82) is 0 Å². The number of carbonyl (C=O) groups is 2. The molecular formula is C18H28N6O4. The van der Waals surface area contributed by atoms with E-state index in [1.54, 1.807) is 13.2 Å². The number of hydrogen-bond donors (Lipinski definition) is 2. The molecule has 0 bridgehead atoms. The van der Waals surface area contributed by atoms with Gasteiger partial charge in [-0.15, -0.1) is 0 Å². The zero-order valence-electron chi connectivity index (χ0n) is 16.8. The Morgan fingerprint density at radius 3 is 2.46 bits per heavy atom. The average molecular weight is 392 g/mol. The van der Waals surface area contributed by atoms with Gasteiger partial charge in [0.15, 0.2) is 0 Å². The number of nitrogens with zero attached hydrogens (tertiary/aromatic N) is 4. The third kappa shape index (κ3) is 6.17. The lowest BCUT2D eigenvalue weighted by Crippen LogP contribution is -2.33. The van der Waals surface area contributed by atoms with Gasteiger partial charge in [0.05, 0.1) is 12.3 Å². The van der Waals surface area contributed by atoms with E-state index in [9.17, 15) is 9.59 Å². The average Bonchev–Trinajstić information content (AvgIpc) is 2.99. The number of nitrogens with one attached hydrogen (secondary N) is 2. The minimum atomic E-state index is -0.557. The number of urea groups is 1. The van der Waals surface area contributed by atoms with E-state index < -0.39 is 11.9 Å². The molecule has 0 saturated carbocycles. The van der Waals surface area contributed by atoms with Crippen LogP contribution >= 0.6 is 0 Å². The molecule has 0 unspecified atom stereocenters. The van der Waals surface area contributed by atoms with Gasteiger partial charge in [0.2, 0.25) is 11.8 Å². The normalized spacial score (nSPS) is 15.1. The molecule has 2 rings (SSSR count). The van der Waals surface area contributed by atoms with Crippen LogP contribution in [-0.4, -0.2) is 80.4 Å². The van der Waals surface area contributed by atoms with Gasteiger partial charge in [-0.1, -0.05) is 13.8 Å². The highest BCUT2D eigenvalue weighted by atomic mass is 16.5. The van der Waals surface area contributed by atoms with Crippen molar-refractivity contribution in [3.63, 3.8) is 0 Å². The molecule has 3 amide bonds. The van der Waals surface area contributed by atoms with Crippen LogP contribution in [0.5, 0.6) is 5.88 Å². The van der Waals surface area contributed by atoms with Crippen LogP contribution in [-0.2, 0) is 9.53 Å². The highest BCUT2D eigenvalue weighted by molar-refractivity contribution is 6.13. The second-order valence-corrected chi connectivity index (χ2v) is 6.19. The molecule has 0 radical (unpaired) electrons. The summed E-state index contributed by atoms with van der Waals surface area (Å²) in [6.45, 7) is 8.54. The zero-order valence-corrected chi connectivity index (χ0v) is 16.8. The first-order valence-electron chi connectivity index (χ1n) is 9.25. The third-order valence-electron chi connectivity index (χ3n) is 4.25. The Labute approximate surface area is 164 Å². The number of methoxy groups -OCH3 is 1. The third-order valence-corrected chi connectivity index (χ3v) is 4.25. The van der Waals surface area contributed by atoms with Crippen LogP contribution in [0.2, 0.25) is 0 Å². The second kappa shape index (κ2) is 10.6. The van der Waals surface area contributed by atoms with Crippen molar-refractivity contribution in [3.05, 3.63) is 17.5 Å². The molecule has 0 aliphatic carbocycles. The Kier molecular flexibility index (Phi) is 8.15. The van der Waals surface area contributed by atoms with E-state index in [1.807, 2.05) is 11.9 Å². The van der Waals surface area contributed by atoms with Gasteiger partial charge in [0.25, 0.3) is 5.91 Å². The standard InChI is InChI=1S/C18H28N6O4/c1-5-24(6-2)8-7-23(3)17-19-13(11-14-16(25)22-18(26)20-14)12-15(21-17)28-10-9-27-4/h11-12H,5-10H2,1-4H3,(H2,20,22,25,26)/b14-11-. The number of imide groups is 1. The fourth-order valence-corrected chi connectivity index (χ4v) is 2.54. The predicted octanol–water partition coefficient (Wildman–Crippen LogP) is 0.460. The Balaban J connectivity index is 2.22. The molecule has 1 saturated heterocycles. The summed E-state index contributed by atoms with van der Waals surface area (Å²) in [5, 5.41) is 4.61. The molecule has 1 fully saturated rings. The van der Waals surface area contributed by atoms with Crippen LogP contribution < -0.4 is 20.3 Å². The second-order valence-electron chi connectivity index (χ2n) is 6.19. The van der Waals surface area contributed by atoms with Crippen LogP contribution in [0.25, 0.3) is 6.08 Å². The van der Waals surface area contributed by atoms with Crippen LogP contribution in [0.4, 0.5) is 10.7 Å². The van der Waals surface area contributed by atoms with Gasteiger partial charge >= 0.3 is 6.03 Å². The first-order valence-corrected chi connectivity index (χ1v) is 9.25. The van der Waals surface area contributed by atoms with Crippen LogP contribution in [0.15, 0.2) is 11.8 Å². The van der Waals surface area contributed by atoms with E-state index in [4.69, 9.17) is 9.47 Å². The fourth-order valence-electron chi connectivity index (χ4n) is 2.54. The largest absolute Gasteiger partial charge is 0.475 e. The molecule has 1 aromatic rings. The molecule has 0 atom stereocenters. The highest BCUT2D eigenvalue weighted by Crippen LogP contribution is 2.17. The van der Waals surface area contributed by atoms with Gasteiger partial charge in [0.1, 0.15) is 12.3 Å². The van der Waals surface area contributed by atoms with Crippen LogP contribution in [0.1, 0.15) is 19.5 Å². The van der Waals surface area contributed by atoms with Crippen molar-refractivity contribution < 1.29 is 19.1 Å². The molecule has 10 heteroatoms. The minimum absolute atomic E-state index is 0.128. The number of likely N-dealkylation sites (N-methyl/N-ethyl adjacent to an activating group) is 2. The summed E-state index contributed by atoms with van der Waals surface area (Å²) in [5.74, 6) is 0.342. The van der Waals surface area contributed by atoms with Gasteiger partial charge in [-0.25, -0.2) is 9.78 Å². The number of hydrogen-bond acceptors (Lipinski definition) is 8. The summed E-state index contributed by atoms with van der Waals surface area (Å²) < 4.78 is 10.6. The SMILES string of the molecule is CCN(CC)CCN(C)c1nc(/C=C2\NC(=O)NC2=O)cc(OCCOC)n1. The number of amides is 3. The topological polar surface area (TPSA) is 109 Å². The summed E-state index contributed by atoms with van der Waals surface area (Å²) in [6.07, 6.45) is 1.49. The Hall–Kier alpha value is -2.72. The zero-order chi connectivity index (χ0) is 20.5. The van der Waals surface area contributed by atoms with Crippen molar-refractivity contribution in [2.45, 2.75) is 13.8 Å². The van der Waals surface area contributed by atoms with Gasteiger partial charge in [-0.05, 0) is 19.2 Å². The molecular weight excluding hydrogens is 364 g/mol. The van der Waals surface area contributed by atoms with E-state index in [2.05, 4.69) is 39.3 Å². The highest BCUT2D eigenvalue weighted by Gasteiger charge is 2.23. The predicted molar refractivity (Wildman–Crippen MR) is 105 cm³/mol. The van der Waals surface area contributed by atoms with Crippen molar-refractivity contribution in [2.24, 2.45) is 0 Å². The van der Waals surface area contributed by atoms with Gasteiger partial charge in [-0.3, -0.25) is 10.1 Å². The van der Waals surface area contributed by atoms with E-state index in [-0.39, 0.29) is 5.70 Å². The Morgan fingerprint density at radius 2 is 1.86 bits per heavy atom. The Bertz CT molecular complexity index is 720. The monoisotopic (exact) mass is 392 g/mol. The quantitative estimate of drug-likeness (QED) is 0.318. The van der Waals surface area contributed by atoms with E-state index >= 15 is 0 Å². The van der Waals surface area contributed by atoms with Crippen molar-refractivity contribution >= 4 is 24.0 Å². The van der Waals surface area contributed by atoms with Crippen molar-refractivity contribution in [1.82, 2.24) is 25.5 Å². The first kappa shape index (κ1) is 21.6. The first-order chi connectivity index (χ1) is 13.5. The lowest BCUT2D eigenvalue weighted by atomic mass is 10.3. The summed E-state index contributed by atoms with van der Waals surface area (Å²) in [7, 11) is 3.49. The molecule has 10 nitrogen and oxygen atoms in total. The minimum Gasteiger partial charge on any atom is -0.475 e. The molecule has 0 spiro atoms. The van der Waals surface area contributed by atoms with Gasteiger partial charge in [-0.2, -0.15) is 4.98 Å². The lowest BCUT2D eigenvalue weighted by Gasteiger charge is -2.23. The van der Waals surface area contributed by atoms with Crippen molar-refractivity contribution in [3.8, 4) is 5.88 Å². The summed E-state index contributed by atoms with van der Waals surface area (Å²) in [6, 6.07) is 1.06. The number of anilines is 1. The molecule has 1 aliphatic rings. The summed E-state index contributed by atoms with van der Waals surface area (Å²) in [4.78, 5) is 36.3. The number of rotatable bonds is 11. The van der Waals surface area contributed by atoms with E-state index in [1.165, 1.54) is 6.08 Å². The lowest BCUT2D eigenvalue weighted by molar-refractivity contribution is -0.115. The molecule has 2 N–H and O–H groups in total. The molecule has 28 heavy (non-hydrogen) atoms. The van der Waals surface area contributed by atoms with Crippen LogP contribution in [0, 0.1) is 0 Å².